The standard InChI is InChI=1S/C17H23BrClNO2/c1-10-5-4-6-15(12(10)3)20-16(21)9-22-17-11(2)7-13(18)8-14(17)19/h7-8,10,12,15H,4-6,9H2,1-3H3,(H,20,21)/t10-,12+,15+/m1/s1. The topological polar surface area (TPSA) is 38.3 Å². The van der Waals surface area contributed by atoms with Crippen LogP contribution < -0.4 is 10.1 Å². The van der Waals surface area contributed by atoms with Crippen molar-refractivity contribution in [2.24, 2.45) is 11.8 Å². The van der Waals surface area contributed by atoms with Gasteiger partial charge in [-0.15, -0.1) is 0 Å². The first-order valence-electron chi connectivity index (χ1n) is 7.76. The second-order valence-corrected chi connectivity index (χ2v) is 7.59. The molecule has 0 spiro atoms. The van der Waals surface area contributed by atoms with Crippen LogP contribution in [0.25, 0.3) is 0 Å². The van der Waals surface area contributed by atoms with Gasteiger partial charge in [-0.05, 0) is 42.9 Å². The molecule has 1 fully saturated rings. The number of hydrogen-bond acceptors (Lipinski definition) is 2. The average Bonchev–Trinajstić information content (AvgIpc) is 2.42. The summed E-state index contributed by atoms with van der Waals surface area (Å²) >= 11 is 9.55. The zero-order chi connectivity index (χ0) is 16.3. The lowest BCUT2D eigenvalue weighted by atomic mass is 9.78. The van der Waals surface area contributed by atoms with E-state index in [0.29, 0.717) is 22.6 Å². The van der Waals surface area contributed by atoms with Gasteiger partial charge in [-0.1, -0.05) is 54.2 Å². The van der Waals surface area contributed by atoms with Crippen LogP contribution in [0.5, 0.6) is 5.75 Å². The molecular weight excluding hydrogens is 366 g/mol. The highest BCUT2D eigenvalue weighted by Gasteiger charge is 2.28. The molecule has 122 valence electrons. The number of amides is 1. The monoisotopic (exact) mass is 387 g/mol. The van der Waals surface area contributed by atoms with Gasteiger partial charge in [-0.2, -0.15) is 0 Å². The first-order chi connectivity index (χ1) is 10.4. The maximum Gasteiger partial charge on any atom is 0.258 e. The Labute approximate surface area is 145 Å². The molecule has 1 N–H and O–H groups in total. The highest BCUT2D eigenvalue weighted by Crippen LogP contribution is 2.32. The van der Waals surface area contributed by atoms with Gasteiger partial charge in [0.15, 0.2) is 6.61 Å². The Morgan fingerprint density at radius 2 is 2.14 bits per heavy atom. The zero-order valence-corrected chi connectivity index (χ0v) is 15.6. The molecule has 0 unspecified atom stereocenters. The van der Waals surface area contributed by atoms with Gasteiger partial charge in [0.1, 0.15) is 5.75 Å². The van der Waals surface area contributed by atoms with E-state index in [9.17, 15) is 4.79 Å². The first-order valence-corrected chi connectivity index (χ1v) is 8.93. The van der Waals surface area contributed by atoms with Gasteiger partial charge < -0.3 is 10.1 Å². The largest absolute Gasteiger partial charge is 0.482 e. The molecule has 0 radical (unpaired) electrons. The predicted octanol–water partition coefficient (Wildman–Crippen LogP) is 4.73. The molecule has 3 atom stereocenters. The third kappa shape index (κ3) is 4.39. The molecule has 1 aliphatic carbocycles. The Balaban J connectivity index is 1.91. The number of nitrogens with one attached hydrogen (secondary N) is 1. The van der Waals surface area contributed by atoms with Crippen LogP contribution in [-0.4, -0.2) is 18.6 Å². The van der Waals surface area contributed by atoms with Crippen LogP contribution in [0.1, 0.15) is 38.7 Å². The van der Waals surface area contributed by atoms with E-state index in [1.165, 1.54) is 12.8 Å². The maximum absolute atomic E-state index is 12.1. The Morgan fingerprint density at radius 1 is 1.41 bits per heavy atom. The highest BCUT2D eigenvalue weighted by molar-refractivity contribution is 9.10. The minimum Gasteiger partial charge on any atom is -0.482 e. The van der Waals surface area contributed by atoms with Gasteiger partial charge in [0, 0.05) is 10.5 Å². The Bertz CT molecular complexity index is 526. The minimum absolute atomic E-state index is 0.000205. The van der Waals surface area contributed by atoms with E-state index in [4.69, 9.17) is 16.3 Å². The first kappa shape index (κ1) is 17.6. The van der Waals surface area contributed by atoms with E-state index in [-0.39, 0.29) is 18.6 Å². The van der Waals surface area contributed by atoms with Gasteiger partial charge in [0.25, 0.3) is 5.91 Å². The molecule has 1 saturated carbocycles. The summed E-state index contributed by atoms with van der Waals surface area (Å²) in [5, 5.41) is 3.62. The summed E-state index contributed by atoms with van der Waals surface area (Å²) in [6.45, 7) is 6.38. The molecule has 0 bridgehead atoms. The van der Waals surface area contributed by atoms with Gasteiger partial charge in [0.2, 0.25) is 0 Å². The van der Waals surface area contributed by atoms with Crippen molar-refractivity contribution in [3.05, 3.63) is 27.2 Å². The van der Waals surface area contributed by atoms with Crippen molar-refractivity contribution < 1.29 is 9.53 Å². The Morgan fingerprint density at radius 3 is 2.82 bits per heavy atom. The van der Waals surface area contributed by atoms with Crippen LogP contribution in [0, 0.1) is 18.8 Å². The Kier molecular flexibility index (Phi) is 6.16. The lowest BCUT2D eigenvalue weighted by Crippen LogP contribution is -2.45. The zero-order valence-electron chi connectivity index (χ0n) is 13.3. The van der Waals surface area contributed by atoms with Crippen LogP contribution >= 0.6 is 27.5 Å². The number of hydrogen-bond donors (Lipinski definition) is 1. The molecule has 0 aliphatic heterocycles. The number of aryl methyl sites for hydroxylation is 1. The van der Waals surface area contributed by atoms with Crippen molar-refractivity contribution in [1.82, 2.24) is 5.32 Å². The summed E-state index contributed by atoms with van der Waals surface area (Å²) in [7, 11) is 0. The van der Waals surface area contributed by atoms with Gasteiger partial charge in [-0.25, -0.2) is 0 Å². The van der Waals surface area contributed by atoms with Gasteiger partial charge in [0.05, 0.1) is 5.02 Å². The number of carbonyl (C=O) groups excluding carboxylic acids is 1. The van der Waals surface area contributed by atoms with Crippen molar-refractivity contribution in [3.63, 3.8) is 0 Å². The molecule has 2 rings (SSSR count). The van der Waals surface area contributed by atoms with Crippen molar-refractivity contribution >= 4 is 33.4 Å². The van der Waals surface area contributed by atoms with Crippen molar-refractivity contribution in [2.75, 3.05) is 6.61 Å². The predicted molar refractivity (Wildman–Crippen MR) is 93.5 cm³/mol. The van der Waals surface area contributed by atoms with Crippen LogP contribution in [0.4, 0.5) is 0 Å². The maximum atomic E-state index is 12.1. The molecule has 22 heavy (non-hydrogen) atoms. The Hall–Kier alpha value is -0.740. The van der Waals surface area contributed by atoms with E-state index < -0.39 is 0 Å². The van der Waals surface area contributed by atoms with E-state index in [1.54, 1.807) is 6.07 Å². The number of halogens is 2. The third-order valence-electron chi connectivity index (χ3n) is 4.59. The SMILES string of the molecule is Cc1cc(Br)cc(Cl)c1OCC(=O)N[C@H]1CCC[C@@H](C)[C@@H]1C. The van der Waals surface area contributed by atoms with Crippen molar-refractivity contribution in [2.45, 2.75) is 46.1 Å². The molecular formula is C17H23BrClNO2. The van der Waals surface area contributed by atoms with Crippen molar-refractivity contribution in [3.8, 4) is 5.75 Å². The molecule has 1 amide bonds. The lowest BCUT2D eigenvalue weighted by Gasteiger charge is -2.34. The van der Waals surface area contributed by atoms with E-state index in [1.807, 2.05) is 13.0 Å². The van der Waals surface area contributed by atoms with Crippen LogP contribution in [-0.2, 0) is 4.79 Å². The van der Waals surface area contributed by atoms with Crippen LogP contribution in [0.3, 0.4) is 0 Å². The number of rotatable bonds is 4. The summed E-state index contributed by atoms with van der Waals surface area (Å²) in [5.74, 6) is 1.66. The second-order valence-electron chi connectivity index (χ2n) is 6.26. The fourth-order valence-electron chi connectivity index (χ4n) is 3.04. The smallest absolute Gasteiger partial charge is 0.258 e. The molecule has 0 saturated heterocycles. The van der Waals surface area contributed by atoms with E-state index >= 15 is 0 Å². The fourth-order valence-corrected chi connectivity index (χ4v) is 4.07. The molecule has 1 aromatic rings. The van der Waals surface area contributed by atoms with Gasteiger partial charge in [-0.3, -0.25) is 4.79 Å². The molecule has 3 nitrogen and oxygen atoms in total. The molecule has 1 aromatic carbocycles. The molecule has 0 heterocycles. The third-order valence-corrected chi connectivity index (χ3v) is 5.33. The summed E-state index contributed by atoms with van der Waals surface area (Å²) in [4.78, 5) is 12.1. The van der Waals surface area contributed by atoms with Gasteiger partial charge >= 0.3 is 0 Å². The summed E-state index contributed by atoms with van der Waals surface area (Å²) in [6, 6.07) is 3.94. The molecule has 1 aliphatic rings. The average molecular weight is 389 g/mol. The normalized spacial score (nSPS) is 24.9. The summed E-state index contributed by atoms with van der Waals surface area (Å²) in [6.07, 6.45) is 3.47. The van der Waals surface area contributed by atoms with E-state index in [0.717, 1.165) is 16.5 Å². The highest BCUT2D eigenvalue weighted by atomic mass is 79.9. The molecule has 0 aromatic heterocycles. The lowest BCUT2D eigenvalue weighted by molar-refractivity contribution is -0.124. The summed E-state index contributed by atoms with van der Waals surface area (Å²) < 4.78 is 6.52. The minimum atomic E-state index is -0.0793. The van der Waals surface area contributed by atoms with Crippen LogP contribution in [0.2, 0.25) is 5.02 Å². The van der Waals surface area contributed by atoms with Crippen molar-refractivity contribution in [1.29, 1.82) is 0 Å². The number of benzene rings is 1. The van der Waals surface area contributed by atoms with E-state index in [2.05, 4.69) is 35.1 Å². The number of carbonyl (C=O) groups is 1. The second kappa shape index (κ2) is 7.69. The fraction of sp³-hybridized carbons (Fsp3) is 0.588. The molecule has 5 heteroatoms. The quantitative estimate of drug-likeness (QED) is 0.809. The van der Waals surface area contributed by atoms with Crippen LogP contribution in [0.15, 0.2) is 16.6 Å². The number of ether oxygens (including phenoxy) is 1. The summed E-state index contributed by atoms with van der Waals surface area (Å²) in [5.41, 5.74) is 0.909.